The van der Waals surface area contributed by atoms with E-state index in [2.05, 4.69) is 10.3 Å². The van der Waals surface area contributed by atoms with E-state index in [1.807, 2.05) is 68.4 Å². The number of aliphatic imine (C=N–C) groups is 1. The number of anilines is 1. The smallest absolute Gasteiger partial charge is 0.243 e. The van der Waals surface area contributed by atoms with Gasteiger partial charge in [-0.15, -0.1) is 0 Å². The first kappa shape index (κ1) is 19.2. The summed E-state index contributed by atoms with van der Waals surface area (Å²) in [5.74, 6) is -0.243. The maximum Gasteiger partial charge on any atom is 0.243 e. The first-order chi connectivity index (χ1) is 13.0. The summed E-state index contributed by atoms with van der Waals surface area (Å²) in [5.41, 5.74) is 2.86. The molecule has 2 aromatic rings. The molecule has 2 aromatic carbocycles. The van der Waals surface area contributed by atoms with Gasteiger partial charge in [-0.3, -0.25) is 19.5 Å². The van der Waals surface area contributed by atoms with Gasteiger partial charge in [0.25, 0.3) is 0 Å². The van der Waals surface area contributed by atoms with Crippen molar-refractivity contribution < 1.29 is 9.59 Å². The number of amides is 2. The Morgan fingerprint density at radius 2 is 1.96 bits per heavy atom. The minimum absolute atomic E-state index is 0.0728. The quantitative estimate of drug-likeness (QED) is 0.851. The van der Waals surface area contributed by atoms with Crippen molar-refractivity contribution >= 4 is 34.4 Å². The van der Waals surface area contributed by atoms with Crippen LogP contribution in [0.2, 0.25) is 0 Å². The molecule has 1 fully saturated rings. The van der Waals surface area contributed by atoms with Gasteiger partial charge in [0, 0.05) is 19.2 Å². The highest BCUT2D eigenvalue weighted by Crippen LogP contribution is 2.35. The second kappa shape index (κ2) is 8.39. The van der Waals surface area contributed by atoms with Crippen LogP contribution in [0.1, 0.15) is 30.5 Å². The molecule has 2 unspecified atom stereocenters. The first-order valence-electron chi connectivity index (χ1n) is 8.87. The van der Waals surface area contributed by atoms with Crippen LogP contribution in [-0.4, -0.2) is 34.2 Å². The van der Waals surface area contributed by atoms with Crippen molar-refractivity contribution in [1.82, 2.24) is 4.90 Å². The van der Waals surface area contributed by atoms with Crippen molar-refractivity contribution in [2.45, 2.75) is 31.6 Å². The van der Waals surface area contributed by atoms with E-state index < -0.39 is 5.25 Å². The number of rotatable bonds is 5. The largest absolute Gasteiger partial charge is 0.326 e. The third-order valence-electron chi connectivity index (χ3n) is 4.50. The molecule has 0 aliphatic carbocycles. The highest BCUT2D eigenvalue weighted by molar-refractivity contribution is 8.15. The molecular weight excluding hydrogens is 358 g/mol. The highest BCUT2D eigenvalue weighted by Gasteiger charge is 2.41. The molecule has 2 amide bonds. The standard InChI is InChI=1S/C21H23N3O2S/c1-14-8-7-11-17(12-14)23-19(25)13-18-20(26)24(21(22-3)27-18)15(2)16-9-5-4-6-10-16/h4-12,15,18H,13H2,1-3H3,(H,23,25). The number of nitrogens with zero attached hydrogens (tertiary/aromatic N) is 2. The summed E-state index contributed by atoms with van der Waals surface area (Å²) in [7, 11) is 1.68. The molecule has 1 heterocycles. The molecular formula is C21H23N3O2S. The van der Waals surface area contributed by atoms with E-state index in [0.717, 1.165) is 16.8 Å². The van der Waals surface area contributed by atoms with Gasteiger partial charge in [-0.05, 0) is 37.1 Å². The summed E-state index contributed by atoms with van der Waals surface area (Å²) in [6, 6.07) is 17.3. The Morgan fingerprint density at radius 3 is 2.63 bits per heavy atom. The Balaban J connectivity index is 1.70. The third-order valence-corrected chi connectivity index (χ3v) is 5.74. The van der Waals surface area contributed by atoms with Crippen LogP contribution in [0.15, 0.2) is 59.6 Å². The van der Waals surface area contributed by atoms with Crippen LogP contribution in [0.25, 0.3) is 0 Å². The van der Waals surface area contributed by atoms with Gasteiger partial charge in [0.05, 0.1) is 6.04 Å². The zero-order chi connectivity index (χ0) is 19.4. The summed E-state index contributed by atoms with van der Waals surface area (Å²) in [6.45, 7) is 3.95. The van der Waals surface area contributed by atoms with Crippen LogP contribution in [0, 0.1) is 6.92 Å². The van der Waals surface area contributed by atoms with Crippen molar-refractivity contribution in [2.24, 2.45) is 4.99 Å². The predicted molar refractivity (Wildman–Crippen MR) is 111 cm³/mol. The van der Waals surface area contributed by atoms with E-state index in [0.29, 0.717) is 5.17 Å². The average molecular weight is 382 g/mol. The number of thioether (sulfide) groups is 1. The van der Waals surface area contributed by atoms with Gasteiger partial charge in [-0.25, -0.2) is 0 Å². The van der Waals surface area contributed by atoms with Crippen LogP contribution < -0.4 is 5.32 Å². The normalized spacial score (nSPS) is 19.4. The van der Waals surface area contributed by atoms with E-state index in [1.54, 1.807) is 11.9 Å². The van der Waals surface area contributed by atoms with Crippen molar-refractivity contribution in [3.05, 3.63) is 65.7 Å². The molecule has 5 nitrogen and oxygen atoms in total. The van der Waals surface area contributed by atoms with Gasteiger partial charge >= 0.3 is 0 Å². The third kappa shape index (κ3) is 4.39. The van der Waals surface area contributed by atoms with Crippen molar-refractivity contribution in [3.8, 4) is 0 Å². The lowest BCUT2D eigenvalue weighted by molar-refractivity contribution is -0.129. The fraction of sp³-hybridized carbons (Fsp3) is 0.286. The Labute approximate surface area is 163 Å². The topological polar surface area (TPSA) is 61.8 Å². The highest BCUT2D eigenvalue weighted by atomic mass is 32.2. The molecule has 0 spiro atoms. The summed E-state index contributed by atoms with van der Waals surface area (Å²) in [4.78, 5) is 31.4. The Hall–Kier alpha value is -2.60. The number of carbonyl (C=O) groups is 2. The molecule has 1 N–H and O–H groups in total. The van der Waals surface area contributed by atoms with Gasteiger partial charge < -0.3 is 5.32 Å². The van der Waals surface area contributed by atoms with E-state index in [9.17, 15) is 9.59 Å². The lowest BCUT2D eigenvalue weighted by Gasteiger charge is -2.24. The zero-order valence-electron chi connectivity index (χ0n) is 15.7. The van der Waals surface area contributed by atoms with Gasteiger partial charge in [0.1, 0.15) is 5.25 Å². The molecule has 0 aromatic heterocycles. The molecule has 0 saturated carbocycles. The number of nitrogens with one attached hydrogen (secondary N) is 1. The predicted octanol–water partition coefficient (Wildman–Crippen LogP) is 4.01. The molecule has 1 aliphatic heterocycles. The molecule has 0 bridgehead atoms. The minimum Gasteiger partial charge on any atom is -0.326 e. The molecule has 27 heavy (non-hydrogen) atoms. The van der Waals surface area contributed by atoms with Crippen molar-refractivity contribution in [2.75, 3.05) is 12.4 Å². The number of carbonyl (C=O) groups excluding carboxylic acids is 2. The Morgan fingerprint density at radius 1 is 1.22 bits per heavy atom. The monoisotopic (exact) mass is 381 g/mol. The Bertz CT molecular complexity index is 867. The van der Waals surface area contributed by atoms with E-state index in [-0.39, 0.29) is 24.3 Å². The number of amidine groups is 1. The first-order valence-corrected chi connectivity index (χ1v) is 9.75. The van der Waals surface area contributed by atoms with Crippen LogP contribution >= 0.6 is 11.8 Å². The molecule has 0 radical (unpaired) electrons. The number of hydrogen-bond donors (Lipinski definition) is 1. The Kier molecular flexibility index (Phi) is 5.96. The molecule has 1 aliphatic rings. The van der Waals surface area contributed by atoms with Gasteiger partial charge in [-0.2, -0.15) is 0 Å². The van der Waals surface area contributed by atoms with Gasteiger partial charge in [0.2, 0.25) is 11.8 Å². The van der Waals surface area contributed by atoms with Crippen LogP contribution in [0.3, 0.4) is 0 Å². The second-order valence-corrected chi connectivity index (χ2v) is 7.70. The molecule has 6 heteroatoms. The summed E-state index contributed by atoms with van der Waals surface area (Å²) in [6.07, 6.45) is 0.120. The second-order valence-electron chi connectivity index (χ2n) is 6.53. The number of benzene rings is 2. The molecule has 3 rings (SSSR count). The number of hydrogen-bond acceptors (Lipinski definition) is 4. The fourth-order valence-electron chi connectivity index (χ4n) is 3.11. The van der Waals surface area contributed by atoms with E-state index in [1.165, 1.54) is 11.8 Å². The zero-order valence-corrected chi connectivity index (χ0v) is 16.5. The van der Waals surface area contributed by atoms with Crippen LogP contribution in [0.5, 0.6) is 0 Å². The summed E-state index contributed by atoms with van der Waals surface area (Å²) < 4.78 is 0. The van der Waals surface area contributed by atoms with E-state index in [4.69, 9.17) is 0 Å². The summed E-state index contributed by atoms with van der Waals surface area (Å²) in [5, 5.41) is 3.07. The van der Waals surface area contributed by atoms with Crippen molar-refractivity contribution in [3.63, 3.8) is 0 Å². The molecule has 1 saturated heterocycles. The lowest BCUT2D eigenvalue weighted by Crippen LogP contribution is -2.35. The number of aryl methyl sites for hydroxylation is 1. The maximum absolute atomic E-state index is 13.0. The van der Waals surface area contributed by atoms with Gasteiger partial charge in [0.15, 0.2) is 5.17 Å². The molecule has 140 valence electrons. The van der Waals surface area contributed by atoms with Crippen molar-refractivity contribution in [1.29, 1.82) is 0 Å². The van der Waals surface area contributed by atoms with Crippen LogP contribution in [-0.2, 0) is 9.59 Å². The SMILES string of the molecule is CN=C1SC(CC(=O)Nc2cccc(C)c2)C(=O)N1C(C)c1ccccc1. The average Bonchev–Trinajstić information content (AvgIpc) is 2.97. The lowest BCUT2D eigenvalue weighted by atomic mass is 10.1. The summed E-state index contributed by atoms with van der Waals surface area (Å²) >= 11 is 1.36. The minimum atomic E-state index is -0.459. The maximum atomic E-state index is 13.0. The fourth-order valence-corrected chi connectivity index (χ4v) is 4.28. The molecule has 2 atom stereocenters. The van der Waals surface area contributed by atoms with Gasteiger partial charge in [-0.1, -0.05) is 54.2 Å². The van der Waals surface area contributed by atoms with Crippen LogP contribution in [0.4, 0.5) is 5.69 Å². The van der Waals surface area contributed by atoms with E-state index >= 15 is 0 Å².